The van der Waals surface area contributed by atoms with Gasteiger partial charge < -0.3 is 5.11 Å². The molecule has 0 aliphatic rings. The first kappa shape index (κ1) is 13.1. The predicted molar refractivity (Wildman–Crippen MR) is 61.7 cm³/mol. The van der Waals surface area contributed by atoms with Gasteiger partial charge in [0.2, 0.25) is 0 Å². The lowest BCUT2D eigenvalue weighted by Crippen LogP contribution is -2.13. The Hall–Kier alpha value is -0.950. The second-order valence-electron chi connectivity index (χ2n) is 3.20. The van der Waals surface area contributed by atoms with Crippen LogP contribution in [0.2, 0.25) is 0 Å². The molecule has 0 saturated carbocycles. The Bertz CT molecular complexity index is 469. The average Bonchev–Trinajstić information content (AvgIpc) is 2.19. The molecule has 0 bridgehead atoms. The second kappa shape index (κ2) is 5.40. The van der Waals surface area contributed by atoms with Gasteiger partial charge in [0, 0.05) is 10.7 Å². The van der Waals surface area contributed by atoms with Crippen molar-refractivity contribution in [1.82, 2.24) is 4.98 Å². The van der Waals surface area contributed by atoms with Crippen LogP contribution in [0.15, 0.2) is 22.8 Å². The average molecular weight is 308 g/mol. The molecule has 0 spiro atoms. The molecule has 1 rings (SSSR count). The number of hydrogen-bond donors (Lipinski definition) is 1. The van der Waals surface area contributed by atoms with Crippen LogP contribution in [0.3, 0.4) is 0 Å². The lowest BCUT2D eigenvalue weighted by molar-refractivity contribution is -0.136. The standard InChI is InChI=1S/C9H10BrNO4S/c10-7-1-2-8(11-5-7)6-16(14,15)4-3-9(12)13/h1-2,5H,3-4,6H2,(H,12,13). The van der Waals surface area contributed by atoms with Crippen LogP contribution in [-0.2, 0) is 20.4 Å². The number of rotatable bonds is 5. The van der Waals surface area contributed by atoms with Gasteiger partial charge in [-0.2, -0.15) is 0 Å². The van der Waals surface area contributed by atoms with Gasteiger partial charge in [-0.1, -0.05) is 0 Å². The van der Waals surface area contributed by atoms with Gasteiger partial charge in [-0.05, 0) is 28.1 Å². The lowest BCUT2D eigenvalue weighted by atomic mass is 10.4. The highest BCUT2D eigenvalue weighted by atomic mass is 79.9. The van der Waals surface area contributed by atoms with Crippen molar-refractivity contribution in [2.75, 3.05) is 5.75 Å². The molecule has 16 heavy (non-hydrogen) atoms. The predicted octanol–water partition coefficient (Wildman–Crippen LogP) is 1.23. The van der Waals surface area contributed by atoms with E-state index in [0.29, 0.717) is 5.69 Å². The van der Waals surface area contributed by atoms with Gasteiger partial charge in [0.05, 0.1) is 23.6 Å². The summed E-state index contributed by atoms with van der Waals surface area (Å²) in [5.74, 6) is -1.71. The van der Waals surface area contributed by atoms with Crippen molar-refractivity contribution in [2.24, 2.45) is 0 Å². The minimum Gasteiger partial charge on any atom is -0.481 e. The van der Waals surface area contributed by atoms with Gasteiger partial charge in [0.25, 0.3) is 0 Å². The summed E-state index contributed by atoms with van der Waals surface area (Å²) in [7, 11) is -3.40. The van der Waals surface area contributed by atoms with Crippen LogP contribution in [0, 0.1) is 0 Å². The molecule has 1 aromatic rings. The fourth-order valence-corrected chi connectivity index (χ4v) is 2.52. The van der Waals surface area contributed by atoms with Crippen LogP contribution < -0.4 is 0 Å². The van der Waals surface area contributed by atoms with Crippen molar-refractivity contribution in [3.63, 3.8) is 0 Å². The maximum absolute atomic E-state index is 11.5. The largest absolute Gasteiger partial charge is 0.481 e. The van der Waals surface area contributed by atoms with E-state index < -0.39 is 15.8 Å². The van der Waals surface area contributed by atoms with Crippen molar-refractivity contribution in [2.45, 2.75) is 12.2 Å². The fourth-order valence-electron chi connectivity index (χ4n) is 1.03. The number of carboxylic acid groups (broad SMARTS) is 1. The van der Waals surface area contributed by atoms with E-state index in [0.717, 1.165) is 4.47 Å². The Morgan fingerprint density at radius 1 is 1.44 bits per heavy atom. The van der Waals surface area contributed by atoms with Gasteiger partial charge in [0.15, 0.2) is 9.84 Å². The molecule has 0 aliphatic carbocycles. The number of aliphatic carboxylic acids is 1. The van der Waals surface area contributed by atoms with Gasteiger partial charge in [0.1, 0.15) is 0 Å². The van der Waals surface area contributed by atoms with E-state index in [1.165, 1.54) is 6.20 Å². The van der Waals surface area contributed by atoms with Crippen molar-refractivity contribution in [1.29, 1.82) is 0 Å². The number of hydrogen-bond acceptors (Lipinski definition) is 4. The highest BCUT2D eigenvalue weighted by Crippen LogP contribution is 2.10. The molecule has 5 nitrogen and oxygen atoms in total. The molecular formula is C9H10BrNO4S. The normalized spacial score (nSPS) is 11.3. The molecule has 0 radical (unpaired) electrons. The number of carboxylic acids is 1. The SMILES string of the molecule is O=C(O)CCS(=O)(=O)Cc1ccc(Br)cn1. The van der Waals surface area contributed by atoms with Gasteiger partial charge in [-0.25, -0.2) is 8.42 Å². The van der Waals surface area contributed by atoms with E-state index in [-0.39, 0.29) is 17.9 Å². The molecule has 0 atom stereocenters. The third-order valence-corrected chi connectivity index (χ3v) is 3.81. The summed E-state index contributed by atoms with van der Waals surface area (Å²) in [5.41, 5.74) is 0.411. The molecule has 0 fully saturated rings. The second-order valence-corrected chi connectivity index (χ2v) is 6.30. The fraction of sp³-hybridized carbons (Fsp3) is 0.333. The van der Waals surface area contributed by atoms with Crippen LogP contribution in [0.25, 0.3) is 0 Å². The van der Waals surface area contributed by atoms with Crippen LogP contribution in [0.5, 0.6) is 0 Å². The number of sulfone groups is 1. The Balaban J connectivity index is 2.65. The first-order chi connectivity index (χ1) is 7.39. The smallest absolute Gasteiger partial charge is 0.304 e. The quantitative estimate of drug-likeness (QED) is 0.884. The molecule has 1 aromatic heterocycles. The first-order valence-electron chi connectivity index (χ1n) is 4.42. The maximum atomic E-state index is 11.5. The zero-order chi connectivity index (χ0) is 12.2. The van der Waals surface area contributed by atoms with E-state index in [2.05, 4.69) is 20.9 Å². The van der Waals surface area contributed by atoms with Crippen LogP contribution in [-0.4, -0.2) is 30.2 Å². The van der Waals surface area contributed by atoms with E-state index in [1.54, 1.807) is 12.1 Å². The summed E-state index contributed by atoms with van der Waals surface area (Å²) < 4.78 is 23.7. The number of halogens is 1. The molecule has 1 heterocycles. The summed E-state index contributed by atoms with van der Waals surface area (Å²) in [6.07, 6.45) is 1.13. The van der Waals surface area contributed by atoms with E-state index in [1.807, 2.05) is 0 Å². The molecule has 0 saturated heterocycles. The number of carbonyl (C=O) groups is 1. The number of aromatic nitrogens is 1. The van der Waals surface area contributed by atoms with Crippen molar-refractivity contribution in [3.05, 3.63) is 28.5 Å². The highest BCUT2D eigenvalue weighted by molar-refractivity contribution is 9.10. The minimum absolute atomic E-state index is 0.229. The van der Waals surface area contributed by atoms with Crippen LogP contribution >= 0.6 is 15.9 Å². The maximum Gasteiger partial charge on any atom is 0.304 e. The Kier molecular flexibility index (Phi) is 4.43. The topological polar surface area (TPSA) is 84.3 Å². The van der Waals surface area contributed by atoms with Crippen LogP contribution in [0.4, 0.5) is 0 Å². The molecular weight excluding hydrogens is 298 g/mol. The zero-order valence-corrected chi connectivity index (χ0v) is 10.7. The molecule has 7 heteroatoms. The zero-order valence-electron chi connectivity index (χ0n) is 8.26. The third kappa shape index (κ3) is 4.71. The van der Waals surface area contributed by atoms with Gasteiger partial charge in [-0.3, -0.25) is 9.78 Å². The van der Waals surface area contributed by atoms with Crippen molar-refractivity contribution < 1.29 is 18.3 Å². The van der Waals surface area contributed by atoms with E-state index in [4.69, 9.17) is 5.11 Å². The monoisotopic (exact) mass is 307 g/mol. The molecule has 1 N–H and O–H groups in total. The summed E-state index contributed by atoms with van der Waals surface area (Å²) in [6, 6.07) is 3.28. The summed E-state index contributed by atoms with van der Waals surface area (Å²) in [5, 5.41) is 8.39. The molecule has 0 aliphatic heterocycles. The van der Waals surface area contributed by atoms with Crippen molar-refractivity contribution >= 4 is 31.7 Å². The lowest BCUT2D eigenvalue weighted by Gasteiger charge is -2.02. The first-order valence-corrected chi connectivity index (χ1v) is 7.03. The summed E-state index contributed by atoms with van der Waals surface area (Å²) in [6.45, 7) is 0. The summed E-state index contributed by atoms with van der Waals surface area (Å²) in [4.78, 5) is 14.2. The number of pyridine rings is 1. The third-order valence-electron chi connectivity index (χ3n) is 1.78. The molecule has 0 unspecified atom stereocenters. The number of nitrogens with zero attached hydrogens (tertiary/aromatic N) is 1. The Morgan fingerprint density at radius 3 is 2.62 bits per heavy atom. The van der Waals surface area contributed by atoms with E-state index in [9.17, 15) is 13.2 Å². The molecule has 88 valence electrons. The van der Waals surface area contributed by atoms with Gasteiger partial charge >= 0.3 is 5.97 Å². The van der Waals surface area contributed by atoms with Crippen LogP contribution in [0.1, 0.15) is 12.1 Å². The molecule has 0 aromatic carbocycles. The van der Waals surface area contributed by atoms with E-state index >= 15 is 0 Å². The van der Waals surface area contributed by atoms with Gasteiger partial charge in [-0.15, -0.1) is 0 Å². The minimum atomic E-state index is -3.40. The summed E-state index contributed by atoms with van der Waals surface area (Å²) >= 11 is 3.19. The highest BCUT2D eigenvalue weighted by Gasteiger charge is 2.14. The Labute approximate surface area is 102 Å². The Morgan fingerprint density at radius 2 is 2.12 bits per heavy atom. The van der Waals surface area contributed by atoms with Crippen molar-refractivity contribution in [3.8, 4) is 0 Å². The molecule has 0 amide bonds.